The lowest BCUT2D eigenvalue weighted by molar-refractivity contribution is -0.386. The number of phenolic OH excluding ortho intramolecular Hbond substituents is 1. The van der Waals surface area contributed by atoms with Gasteiger partial charge in [0.05, 0.1) is 30.4 Å². The normalized spacial score (nSPS) is 13.2. The molecule has 0 unspecified atom stereocenters. The van der Waals surface area contributed by atoms with Crippen molar-refractivity contribution >= 4 is 34.1 Å². The number of carbonyl (C=O) groups is 1. The second-order valence-corrected chi connectivity index (χ2v) is 8.34. The van der Waals surface area contributed by atoms with Gasteiger partial charge in [-0.1, -0.05) is 0 Å². The van der Waals surface area contributed by atoms with Crippen molar-refractivity contribution < 1.29 is 24.0 Å². The summed E-state index contributed by atoms with van der Waals surface area (Å²) in [5, 5.41) is 24.6. The largest absolute Gasteiger partial charge is 0.500 e. The minimum absolute atomic E-state index is 0.0254. The molecule has 1 amide bonds. The van der Waals surface area contributed by atoms with Crippen LogP contribution in [0.1, 0.15) is 45.0 Å². The van der Waals surface area contributed by atoms with E-state index in [4.69, 9.17) is 9.15 Å². The highest BCUT2D eigenvalue weighted by Gasteiger charge is 2.25. The van der Waals surface area contributed by atoms with Gasteiger partial charge in [-0.15, -0.1) is 11.3 Å². The van der Waals surface area contributed by atoms with Gasteiger partial charge in [0.1, 0.15) is 10.8 Å². The maximum Gasteiger partial charge on any atom is 0.315 e. The molecule has 32 heavy (non-hydrogen) atoms. The smallest absolute Gasteiger partial charge is 0.315 e. The van der Waals surface area contributed by atoms with E-state index in [0.29, 0.717) is 21.9 Å². The topological polar surface area (TPSA) is 127 Å². The number of aliphatic imine (C=N–C) groups is 1. The van der Waals surface area contributed by atoms with Crippen LogP contribution in [0.25, 0.3) is 0 Å². The predicted octanol–water partition coefficient (Wildman–Crippen LogP) is 4.52. The fourth-order valence-corrected chi connectivity index (χ4v) is 4.89. The Labute approximate surface area is 187 Å². The number of nitro benzene ring substituents is 1. The highest BCUT2D eigenvalue weighted by atomic mass is 32.1. The molecule has 0 fully saturated rings. The van der Waals surface area contributed by atoms with Crippen molar-refractivity contribution in [1.82, 2.24) is 5.32 Å². The second kappa shape index (κ2) is 9.23. The van der Waals surface area contributed by atoms with Crippen LogP contribution in [0.5, 0.6) is 11.5 Å². The van der Waals surface area contributed by atoms with E-state index >= 15 is 0 Å². The van der Waals surface area contributed by atoms with Crippen LogP contribution < -0.4 is 10.1 Å². The molecule has 10 heteroatoms. The lowest BCUT2D eigenvalue weighted by atomic mass is 9.95. The van der Waals surface area contributed by atoms with Crippen molar-refractivity contribution in [3.05, 3.63) is 68.0 Å². The number of furan rings is 1. The number of nitro groups is 1. The number of aromatic hydroxyl groups is 1. The van der Waals surface area contributed by atoms with Gasteiger partial charge in [0, 0.05) is 22.7 Å². The van der Waals surface area contributed by atoms with Crippen molar-refractivity contribution in [1.29, 1.82) is 0 Å². The van der Waals surface area contributed by atoms with Gasteiger partial charge in [-0.2, -0.15) is 0 Å². The lowest BCUT2D eigenvalue weighted by Crippen LogP contribution is -2.23. The van der Waals surface area contributed by atoms with Crippen molar-refractivity contribution in [2.75, 3.05) is 7.11 Å². The van der Waals surface area contributed by atoms with Crippen LogP contribution in [0.15, 0.2) is 39.9 Å². The fraction of sp³-hybridized carbons (Fsp3) is 0.273. The van der Waals surface area contributed by atoms with Crippen molar-refractivity contribution in [3.63, 3.8) is 0 Å². The molecule has 0 atom stereocenters. The van der Waals surface area contributed by atoms with Crippen molar-refractivity contribution in [3.8, 4) is 11.5 Å². The highest BCUT2D eigenvalue weighted by Crippen LogP contribution is 2.40. The Morgan fingerprint density at radius 2 is 2.22 bits per heavy atom. The molecule has 0 bridgehead atoms. The number of carbonyl (C=O) groups excluding carboxylic acids is 1. The number of fused-ring (bicyclic) bond motifs is 1. The van der Waals surface area contributed by atoms with Crippen molar-refractivity contribution in [2.24, 2.45) is 4.99 Å². The summed E-state index contributed by atoms with van der Waals surface area (Å²) < 4.78 is 10.3. The van der Waals surface area contributed by atoms with Gasteiger partial charge in [-0.3, -0.25) is 14.9 Å². The van der Waals surface area contributed by atoms with E-state index in [-0.39, 0.29) is 18.2 Å². The van der Waals surface area contributed by atoms with Crippen LogP contribution >= 0.6 is 11.3 Å². The summed E-state index contributed by atoms with van der Waals surface area (Å²) in [5.41, 5.74) is 1.44. The van der Waals surface area contributed by atoms with Gasteiger partial charge in [-0.05, 0) is 49.4 Å². The lowest BCUT2D eigenvalue weighted by Gasteiger charge is -2.12. The van der Waals surface area contributed by atoms with Crippen LogP contribution in [0.4, 0.5) is 10.7 Å². The number of thiophene rings is 1. The molecular weight excluding hydrogens is 434 g/mol. The van der Waals surface area contributed by atoms with Crippen LogP contribution in [0, 0.1) is 10.1 Å². The van der Waals surface area contributed by atoms with Crippen LogP contribution in [0.2, 0.25) is 0 Å². The summed E-state index contributed by atoms with van der Waals surface area (Å²) >= 11 is 1.46. The highest BCUT2D eigenvalue weighted by molar-refractivity contribution is 7.16. The summed E-state index contributed by atoms with van der Waals surface area (Å²) in [7, 11) is 1.31. The van der Waals surface area contributed by atoms with E-state index in [2.05, 4.69) is 10.3 Å². The van der Waals surface area contributed by atoms with Gasteiger partial charge < -0.3 is 19.6 Å². The number of benzene rings is 1. The van der Waals surface area contributed by atoms with Crippen LogP contribution in [-0.2, 0) is 19.4 Å². The van der Waals surface area contributed by atoms with Crippen LogP contribution in [0.3, 0.4) is 0 Å². The van der Waals surface area contributed by atoms with E-state index in [1.54, 1.807) is 18.4 Å². The molecular formula is C22H21N3O6S. The first-order valence-electron chi connectivity index (χ1n) is 10.0. The van der Waals surface area contributed by atoms with E-state index in [0.717, 1.165) is 36.1 Å². The Morgan fingerprint density at radius 3 is 2.94 bits per heavy atom. The van der Waals surface area contributed by atoms with E-state index in [9.17, 15) is 20.0 Å². The number of rotatable bonds is 7. The average Bonchev–Trinajstić information content (AvgIpc) is 3.44. The van der Waals surface area contributed by atoms with E-state index in [1.807, 2.05) is 0 Å². The first-order chi connectivity index (χ1) is 15.5. The zero-order valence-electron chi connectivity index (χ0n) is 17.3. The molecule has 166 valence electrons. The number of nitrogens with one attached hydrogen (secondary N) is 1. The minimum Gasteiger partial charge on any atom is -0.500 e. The zero-order valence-corrected chi connectivity index (χ0v) is 18.1. The van der Waals surface area contributed by atoms with Crippen molar-refractivity contribution in [2.45, 2.75) is 32.2 Å². The van der Waals surface area contributed by atoms with Gasteiger partial charge in [0.2, 0.25) is 5.75 Å². The number of hydrogen-bond donors (Lipinski definition) is 2. The molecule has 0 spiro atoms. The Morgan fingerprint density at radius 1 is 1.41 bits per heavy atom. The predicted molar refractivity (Wildman–Crippen MR) is 119 cm³/mol. The average molecular weight is 455 g/mol. The number of aryl methyl sites for hydroxylation is 1. The fourth-order valence-electron chi connectivity index (χ4n) is 3.66. The summed E-state index contributed by atoms with van der Waals surface area (Å²) in [6, 6.07) is 6.21. The summed E-state index contributed by atoms with van der Waals surface area (Å²) in [4.78, 5) is 29.2. The third-order valence-corrected chi connectivity index (χ3v) is 6.41. The quantitative estimate of drug-likeness (QED) is 0.306. The van der Waals surface area contributed by atoms with Gasteiger partial charge >= 0.3 is 5.69 Å². The maximum absolute atomic E-state index is 13.0. The Kier molecular flexibility index (Phi) is 6.22. The molecule has 1 aliphatic carbocycles. The minimum atomic E-state index is -0.688. The Balaban J connectivity index is 1.67. The molecule has 9 nitrogen and oxygen atoms in total. The standard InChI is InChI=1S/C22H21N3O6S/c1-30-17-10-13(9-16(20(17)26)25(28)29)11-24-22-19(15-6-2-3-7-18(15)32-22)21(27)23-12-14-5-4-8-31-14/h4-5,8-11,26H,2-3,6-7,12H2,1H3,(H,23,27). The molecule has 0 saturated heterocycles. The Hall–Kier alpha value is -3.66. The van der Waals surface area contributed by atoms with E-state index in [1.165, 1.54) is 36.8 Å². The molecule has 1 aromatic carbocycles. The number of nitrogens with zero attached hydrogens (tertiary/aromatic N) is 2. The number of hydrogen-bond acceptors (Lipinski definition) is 8. The van der Waals surface area contributed by atoms with Gasteiger partial charge in [0.25, 0.3) is 5.91 Å². The van der Waals surface area contributed by atoms with Gasteiger partial charge in [0.15, 0.2) is 5.75 Å². The summed E-state index contributed by atoms with van der Waals surface area (Å²) in [6.45, 7) is 0.265. The number of methoxy groups -OCH3 is 1. The first kappa shape index (κ1) is 21.6. The third kappa shape index (κ3) is 4.35. The SMILES string of the molecule is COc1cc(C=Nc2sc3c(c2C(=O)NCc2ccco2)CCCC3)cc([N+](=O)[O-])c1O. The molecule has 1 aliphatic rings. The summed E-state index contributed by atoms with van der Waals surface area (Å²) in [6.07, 6.45) is 6.76. The first-order valence-corrected chi connectivity index (χ1v) is 10.8. The van der Waals surface area contributed by atoms with Crippen LogP contribution in [-0.4, -0.2) is 29.3 Å². The number of amides is 1. The molecule has 0 saturated carbocycles. The molecule has 2 aromatic heterocycles. The molecule has 4 rings (SSSR count). The Bertz CT molecular complexity index is 1180. The second-order valence-electron chi connectivity index (χ2n) is 7.26. The van der Waals surface area contributed by atoms with E-state index < -0.39 is 16.4 Å². The third-order valence-electron chi connectivity index (χ3n) is 5.21. The molecule has 2 N–H and O–H groups in total. The zero-order chi connectivity index (χ0) is 22.7. The molecule has 0 radical (unpaired) electrons. The molecule has 0 aliphatic heterocycles. The maximum atomic E-state index is 13.0. The molecule has 2 heterocycles. The number of phenols is 1. The summed E-state index contributed by atoms with van der Waals surface area (Å²) in [5.74, 6) is -0.153. The molecule has 3 aromatic rings. The number of ether oxygens (including phenoxy) is 1. The monoisotopic (exact) mass is 455 g/mol. The van der Waals surface area contributed by atoms with Gasteiger partial charge in [-0.25, -0.2) is 4.99 Å².